The molecule has 0 amide bonds. The number of imidazole rings is 1. The topological polar surface area (TPSA) is 64.1 Å². The van der Waals surface area contributed by atoms with Crippen LogP contribution in [-0.2, 0) is 13.0 Å². The zero-order chi connectivity index (χ0) is 11.5. The number of anilines is 1. The lowest BCUT2D eigenvalue weighted by Gasteiger charge is -2.06. The maximum absolute atomic E-state index is 8.89. The third-order valence-corrected chi connectivity index (χ3v) is 2.71. The number of rotatable bonds is 4. The summed E-state index contributed by atoms with van der Waals surface area (Å²) in [5.41, 5.74) is 8.51. The van der Waals surface area contributed by atoms with E-state index in [0.29, 0.717) is 0 Å². The van der Waals surface area contributed by atoms with Gasteiger partial charge in [0.05, 0.1) is 11.0 Å². The molecule has 0 atom stereocenters. The van der Waals surface area contributed by atoms with E-state index < -0.39 is 0 Å². The van der Waals surface area contributed by atoms with Gasteiger partial charge in [-0.05, 0) is 24.6 Å². The summed E-state index contributed by atoms with van der Waals surface area (Å²) in [6, 6.07) is 5.77. The number of hydrogen-bond donors (Lipinski definition) is 2. The van der Waals surface area contributed by atoms with Gasteiger partial charge in [0, 0.05) is 25.3 Å². The molecule has 0 fully saturated rings. The average molecular weight is 219 g/mol. The lowest BCUT2D eigenvalue weighted by molar-refractivity contribution is 0.280. The number of aliphatic hydroxyl groups is 1. The van der Waals surface area contributed by atoms with Crippen molar-refractivity contribution in [1.82, 2.24) is 9.55 Å². The number of hydrogen-bond acceptors (Lipinski definition) is 3. The minimum absolute atomic E-state index is 0.206. The van der Waals surface area contributed by atoms with Crippen LogP contribution in [0.4, 0.5) is 5.69 Å². The first kappa shape index (κ1) is 11.0. The number of fused-ring (bicyclic) bond motifs is 1. The molecule has 0 radical (unpaired) electrons. The van der Waals surface area contributed by atoms with Gasteiger partial charge in [0.1, 0.15) is 5.82 Å². The predicted octanol–water partition coefficient (Wildman–Crippen LogP) is 1.56. The molecular formula is C12H17N3O. The van der Waals surface area contributed by atoms with E-state index in [1.807, 2.05) is 18.2 Å². The molecule has 0 unspecified atom stereocenters. The monoisotopic (exact) mass is 219 g/mol. The highest BCUT2D eigenvalue weighted by Crippen LogP contribution is 2.19. The molecule has 16 heavy (non-hydrogen) atoms. The second-order valence-electron chi connectivity index (χ2n) is 3.86. The van der Waals surface area contributed by atoms with Crippen LogP contribution in [0, 0.1) is 0 Å². The number of aryl methyl sites for hydroxylation is 2. The van der Waals surface area contributed by atoms with Gasteiger partial charge in [0.25, 0.3) is 0 Å². The van der Waals surface area contributed by atoms with E-state index in [-0.39, 0.29) is 6.61 Å². The standard InChI is InChI=1S/C12H17N3O/c1-2-12-14-10-8-9(13)4-5-11(10)15(12)6-3-7-16/h4-5,8,16H,2-3,6-7,13H2,1H3. The largest absolute Gasteiger partial charge is 0.399 e. The van der Waals surface area contributed by atoms with Crippen molar-refractivity contribution >= 4 is 16.7 Å². The first-order valence-electron chi connectivity index (χ1n) is 5.61. The van der Waals surface area contributed by atoms with E-state index in [4.69, 9.17) is 10.8 Å². The second kappa shape index (κ2) is 4.53. The van der Waals surface area contributed by atoms with Gasteiger partial charge in [-0.3, -0.25) is 0 Å². The van der Waals surface area contributed by atoms with Crippen molar-refractivity contribution in [2.75, 3.05) is 12.3 Å². The molecule has 2 rings (SSSR count). The molecule has 4 heteroatoms. The van der Waals surface area contributed by atoms with Crippen molar-refractivity contribution in [3.63, 3.8) is 0 Å². The molecule has 4 nitrogen and oxygen atoms in total. The number of aromatic nitrogens is 2. The first-order chi connectivity index (χ1) is 7.76. The zero-order valence-corrected chi connectivity index (χ0v) is 9.48. The molecule has 0 saturated carbocycles. The molecule has 86 valence electrons. The van der Waals surface area contributed by atoms with Gasteiger partial charge in [-0.25, -0.2) is 4.98 Å². The Hall–Kier alpha value is -1.55. The van der Waals surface area contributed by atoms with Gasteiger partial charge in [-0.2, -0.15) is 0 Å². The van der Waals surface area contributed by atoms with E-state index in [1.54, 1.807) is 0 Å². The Labute approximate surface area is 94.7 Å². The smallest absolute Gasteiger partial charge is 0.109 e. The Balaban J connectivity index is 2.50. The Bertz CT molecular complexity index is 490. The highest BCUT2D eigenvalue weighted by Gasteiger charge is 2.08. The van der Waals surface area contributed by atoms with Crippen molar-refractivity contribution in [3.05, 3.63) is 24.0 Å². The zero-order valence-electron chi connectivity index (χ0n) is 9.48. The Morgan fingerprint density at radius 2 is 2.25 bits per heavy atom. The molecule has 1 aromatic heterocycles. The van der Waals surface area contributed by atoms with Crippen LogP contribution in [-0.4, -0.2) is 21.3 Å². The quantitative estimate of drug-likeness (QED) is 0.767. The molecule has 0 bridgehead atoms. The Kier molecular flexibility index (Phi) is 3.10. The van der Waals surface area contributed by atoms with Crippen molar-refractivity contribution < 1.29 is 5.11 Å². The van der Waals surface area contributed by atoms with Crippen LogP contribution in [0.25, 0.3) is 11.0 Å². The number of benzene rings is 1. The molecule has 0 aliphatic rings. The number of nitrogens with two attached hydrogens (primary N) is 1. The summed E-state index contributed by atoms with van der Waals surface area (Å²) in [5.74, 6) is 1.05. The van der Waals surface area contributed by atoms with Crippen LogP contribution in [0.2, 0.25) is 0 Å². The van der Waals surface area contributed by atoms with Gasteiger partial charge in [0.15, 0.2) is 0 Å². The van der Waals surface area contributed by atoms with E-state index in [0.717, 1.165) is 41.9 Å². The van der Waals surface area contributed by atoms with Crippen molar-refractivity contribution in [1.29, 1.82) is 0 Å². The fourth-order valence-corrected chi connectivity index (χ4v) is 1.94. The lowest BCUT2D eigenvalue weighted by atomic mass is 10.3. The van der Waals surface area contributed by atoms with E-state index in [2.05, 4.69) is 16.5 Å². The summed E-state index contributed by atoms with van der Waals surface area (Å²) in [4.78, 5) is 4.55. The van der Waals surface area contributed by atoms with Crippen LogP contribution in [0.5, 0.6) is 0 Å². The number of nitrogens with zero attached hydrogens (tertiary/aromatic N) is 2. The maximum Gasteiger partial charge on any atom is 0.109 e. The van der Waals surface area contributed by atoms with Gasteiger partial charge in [0.2, 0.25) is 0 Å². The van der Waals surface area contributed by atoms with Crippen LogP contribution in [0.15, 0.2) is 18.2 Å². The van der Waals surface area contributed by atoms with Gasteiger partial charge in [-0.1, -0.05) is 6.92 Å². The first-order valence-corrected chi connectivity index (χ1v) is 5.61. The summed E-state index contributed by atoms with van der Waals surface area (Å²) in [6.45, 7) is 3.10. The highest BCUT2D eigenvalue weighted by atomic mass is 16.3. The molecule has 0 aliphatic carbocycles. The third kappa shape index (κ3) is 1.88. The van der Waals surface area contributed by atoms with Gasteiger partial charge in [-0.15, -0.1) is 0 Å². The van der Waals surface area contributed by atoms with Crippen molar-refractivity contribution in [2.24, 2.45) is 0 Å². The summed E-state index contributed by atoms with van der Waals surface area (Å²) >= 11 is 0. The summed E-state index contributed by atoms with van der Waals surface area (Å²) in [7, 11) is 0. The van der Waals surface area contributed by atoms with Crippen LogP contribution in [0.1, 0.15) is 19.2 Å². The normalized spacial score (nSPS) is 11.1. The van der Waals surface area contributed by atoms with Crippen LogP contribution < -0.4 is 5.73 Å². The molecule has 0 saturated heterocycles. The minimum Gasteiger partial charge on any atom is -0.399 e. The number of aliphatic hydroxyl groups excluding tert-OH is 1. The minimum atomic E-state index is 0.206. The predicted molar refractivity (Wildman–Crippen MR) is 65.2 cm³/mol. The molecule has 2 aromatic rings. The molecule has 1 aromatic carbocycles. The average Bonchev–Trinajstić information content (AvgIpc) is 2.63. The van der Waals surface area contributed by atoms with Crippen LogP contribution >= 0.6 is 0 Å². The van der Waals surface area contributed by atoms with Gasteiger partial charge >= 0.3 is 0 Å². The fraction of sp³-hybridized carbons (Fsp3) is 0.417. The third-order valence-electron chi connectivity index (χ3n) is 2.71. The van der Waals surface area contributed by atoms with Gasteiger partial charge < -0.3 is 15.4 Å². The highest BCUT2D eigenvalue weighted by molar-refractivity contribution is 5.79. The SMILES string of the molecule is CCc1nc2cc(N)ccc2n1CCCO. The summed E-state index contributed by atoms with van der Waals surface area (Å²) < 4.78 is 2.16. The Morgan fingerprint density at radius 3 is 2.94 bits per heavy atom. The number of nitrogen functional groups attached to an aromatic ring is 1. The van der Waals surface area contributed by atoms with E-state index in [9.17, 15) is 0 Å². The molecule has 3 N–H and O–H groups in total. The van der Waals surface area contributed by atoms with Crippen molar-refractivity contribution in [3.8, 4) is 0 Å². The summed E-state index contributed by atoms with van der Waals surface area (Å²) in [6.07, 6.45) is 1.64. The molecule has 0 spiro atoms. The van der Waals surface area contributed by atoms with Crippen molar-refractivity contribution in [2.45, 2.75) is 26.3 Å². The molecule has 0 aliphatic heterocycles. The second-order valence-corrected chi connectivity index (χ2v) is 3.86. The Morgan fingerprint density at radius 1 is 1.44 bits per heavy atom. The van der Waals surface area contributed by atoms with E-state index >= 15 is 0 Å². The fourth-order valence-electron chi connectivity index (χ4n) is 1.94. The van der Waals surface area contributed by atoms with E-state index in [1.165, 1.54) is 0 Å². The summed E-state index contributed by atoms with van der Waals surface area (Å²) in [5, 5.41) is 8.89. The molecule has 1 heterocycles. The maximum atomic E-state index is 8.89. The molecular weight excluding hydrogens is 202 g/mol. The van der Waals surface area contributed by atoms with Crippen LogP contribution in [0.3, 0.4) is 0 Å². The lowest BCUT2D eigenvalue weighted by Crippen LogP contribution is -2.04.